The second-order valence-corrected chi connectivity index (χ2v) is 10.4. The molecule has 0 saturated carbocycles. The Balaban J connectivity index is 1.59. The third-order valence-electron chi connectivity index (χ3n) is 5.49. The van der Waals surface area contributed by atoms with E-state index in [1.165, 1.54) is 18.3 Å². The molecule has 2 aliphatic heterocycles. The largest absolute Gasteiger partial charge is 0.504 e. The van der Waals surface area contributed by atoms with Gasteiger partial charge in [0.2, 0.25) is 0 Å². The molecule has 3 heterocycles. The van der Waals surface area contributed by atoms with Crippen molar-refractivity contribution in [3.05, 3.63) is 40.6 Å². The highest BCUT2D eigenvalue weighted by Crippen LogP contribution is 2.42. The molecule has 11 heteroatoms. The Morgan fingerprint density at radius 1 is 1.10 bits per heavy atom. The normalized spacial score (nSPS) is 23.2. The first kappa shape index (κ1) is 21.2. The summed E-state index contributed by atoms with van der Waals surface area (Å²) in [6, 6.07) is 5.42. The quantitative estimate of drug-likeness (QED) is 0.398. The predicted octanol–water partition coefficient (Wildman–Crippen LogP) is 3.79. The van der Waals surface area contributed by atoms with E-state index in [2.05, 4.69) is 20.9 Å². The summed E-state index contributed by atoms with van der Waals surface area (Å²) in [4.78, 5) is 15.8. The lowest BCUT2D eigenvalue weighted by atomic mass is 10.1. The fourth-order valence-electron chi connectivity index (χ4n) is 4.10. The molecule has 1 unspecified atom stereocenters. The summed E-state index contributed by atoms with van der Waals surface area (Å²) in [6.45, 7) is 0. The second-order valence-electron chi connectivity index (χ2n) is 7.47. The van der Waals surface area contributed by atoms with E-state index in [9.17, 15) is 18.3 Å². The first-order valence-electron chi connectivity index (χ1n) is 9.45. The maximum atomic E-state index is 13.3. The number of aromatic hydroxyl groups is 1. The van der Waals surface area contributed by atoms with E-state index in [-0.39, 0.29) is 38.5 Å². The van der Waals surface area contributed by atoms with Crippen LogP contribution in [0, 0.1) is 0 Å². The number of nitrogens with zero attached hydrogens (tertiary/aromatic N) is 1. The van der Waals surface area contributed by atoms with E-state index in [4.69, 9.17) is 23.2 Å². The Hall–Kier alpha value is -2.07. The number of nitrogens with one attached hydrogen (secondary N) is 3. The van der Waals surface area contributed by atoms with E-state index < -0.39 is 26.9 Å². The number of rotatable bonds is 4. The molecule has 1 aromatic carbocycles. The molecule has 0 radical (unpaired) electrons. The van der Waals surface area contributed by atoms with Gasteiger partial charge in [0.25, 0.3) is 0 Å². The smallest absolute Gasteiger partial charge is 0.323 e. The average Bonchev–Trinajstić information content (AvgIpc) is 3.03. The first-order chi connectivity index (χ1) is 14.3. The van der Waals surface area contributed by atoms with Crippen LogP contribution in [0.4, 0.5) is 16.2 Å². The zero-order valence-corrected chi connectivity index (χ0v) is 18.1. The standard InChI is InChI=1S/C19H20Cl2N4O4S/c20-13-5-6-14(24-19(27)25-15-2-1-7-22-18(15)21)16(26)17(13)30(28,29)12-8-10-3-4-11(9-12)23-10/h1-2,5-7,10-12,23,26H,3-4,8-9H2,(H2,24,25,27)/t10-,11+,12?. The van der Waals surface area contributed by atoms with E-state index in [1.54, 1.807) is 12.1 Å². The minimum absolute atomic E-state index is 0.0765. The molecule has 2 amide bonds. The van der Waals surface area contributed by atoms with Crippen LogP contribution in [-0.4, -0.2) is 41.9 Å². The zero-order chi connectivity index (χ0) is 21.5. The molecular weight excluding hydrogens is 451 g/mol. The summed E-state index contributed by atoms with van der Waals surface area (Å²) in [6.07, 6.45) is 4.28. The lowest BCUT2D eigenvalue weighted by Gasteiger charge is -2.29. The number of fused-ring (bicyclic) bond motifs is 2. The third-order valence-corrected chi connectivity index (χ3v) is 8.47. The summed E-state index contributed by atoms with van der Waals surface area (Å²) in [7, 11) is -3.90. The highest BCUT2D eigenvalue weighted by Gasteiger charge is 2.42. The molecule has 1 aromatic heterocycles. The number of benzene rings is 1. The minimum atomic E-state index is -3.90. The molecule has 8 nitrogen and oxygen atoms in total. The van der Waals surface area contributed by atoms with Gasteiger partial charge in [-0.25, -0.2) is 18.2 Å². The SMILES string of the molecule is O=C(Nc1cccnc1Cl)Nc1ccc(Cl)c(S(=O)(=O)C2C[C@H]3CC[C@@H](C2)N3)c1O. The van der Waals surface area contributed by atoms with E-state index >= 15 is 0 Å². The zero-order valence-electron chi connectivity index (χ0n) is 15.7. The van der Waals surface area contributed by atoms with Crippen molar-refractivity contribution < 1.29 is 18.3 Å². The molecule has 3 atom stereocenters. The van der Waals surface area contributed by atoms with Crippen LogP contribution in [0.25, 0.3) is 0 Å². The molecule has 2 fully saturated rings. The van der Waals surface area contributed by atoms with Crippen molar-refractivity contribution in [3.63, 3.8) is 0 Å². The number of carbonyl (C=O) groups excluding carboxylic acids is 1. The molecule has 4 rings (SSSR count). The highest BCUT2D eigenvalue weighted by molar-refractivity contribution is 7.92. The van der Waals surface area contributed by atoms with Crippen LogP contribution < -0.4 is 16.0 Å². The number of hydrogen-bond acceptors (Lipinski definition) is 6. The number of carbonyl (C=O) groups is 1. The molecule has 0 aliphatic carbocycles. The molecule has 4 N–H and O–H groups in total. The summed E-state index contributed by atoms with van der Waals surface area (Å²) in [5.41, 5.74) is 0.190. The number of piperidine rings is 1. The molecule has 30 heavy (non-hydrogen) atoms. The number of phenolic OH excluding ortho intramolecular Hbond substituents is 1. The van der Waals surface area contributed by atoms with Crippen LogP contribution in [0.2, 0.25) is 10.2 Å². The molecular formula is C19H20Cl2N4O4S. The number of aromatic nitrogens is 1. The van der Waals surface area contributed by atoms with E-state index in [1.807, 2.05) is 0 Å². The van der Waals surface area contributed by atoms with Crippen molar-refractivity contribution in [2.24, 2.45) is 0 Å². The van der Waals surface area contributed by atoms with Crippen LogP contribution in [0.5, 0.6) is 5.75 Å². The lowest BCUT2D eigenvalue weighted by molar-refractivity contribution is 0.262. The molecule has 2 aliphatic rings. The summed E-state index contributed by atoms with van der Waals surface area (Å²) in [5, 5.41) is 18.4. The van der Waals surface area contributed by atoms with Gasteiger partial charge in [0.15, 0.2) is 20.7 Å². The number of phenols is 1. The van der Waals surface area contributed by atoms with Crippen LogP contribution in [0.15, 0.2) is 35.4 Å². The Morgan fingerprint density at radius 3 is 2.43 bits per heavy atom. The maximum absolute atomic E-state index is 13.3. The van der Waals surface area contributed by atoms with Gasteiger partial charge in [-0.15, -0.1) is 0 Å². The number of amides is 2. The van der Waals surface area contributed by atoms with Gasteiger partial charge in [-0.3, -0.25) is 0 Å². The number of urea groups is 1. The second kappa shape index (κ2) is 8.22. The molecule has 2 saturated heterocycles. The topological polar surface area (TPSA) is 120 Å². The number of hydrogen-bond donors (Lipinski definition) is 4. The fraction of sp³-hybridized carbons (Fsp3) is 0.368. The number of pyridine rings is 1. The van der Waals surface area contributed by atoms with Crippen LogP contribution in [0.1, 0.15) is 25.7 Å². The first-order valence-corrected chi connectivity index (χ1v) is 11.8. The van der Waals surface area contributed by atoms with Crippen molar-refractivity contribution in [3.8, 4) is 5.75 Å². The van der Waals surface area contributed by atoms with Crippen molar-refractivity contribution in [2.45, 2.75) is 47.9 Å². The van der Waals surface area contributed by atoms with Gasteiger partial charge in [0.05, 0.1) is 21.6 Å². The Kier molecular flexibility index (Phi) is 5.80. The van der Waals surface area contributed by atoms with Gasteiger partial charge in [-0.1, -0.05) is 23.2 Å². The number of halogens is 2. The highest BCUT2D eigenvalue weighted by atomic mass is 35.5. The van der Waals surface area contributed by atoms with E-state index in [0.717, 1.165) is 12.8 Å². The molecule has 0 spiro atoms. The van der Waals surface area contributed by atoms with Crippen LogP contribution >= 0.6 is 23.2 Å². The number of sulfone groups is 1. The number of anilines is 2. The summed E-state index contributed by atoms with van der Waals surface area (Å²) >= 11 is 12.1. The van der Waals surface area contributed by atoms with Gasteiger partial charge < -0.3 is 21.1 Å². The Morgan fingerprint density at radius 2 is 1.77 bits per heavy atom. The van der Waals surface area contributed by atoms with Crippen molar-refractivity contribution >= 4 is 50.4 Å². The molecule has 160 valence electrons. The Bertz CT molecular complexity index is 1080. The van der Waals surface area contributed by atoms with Crippen molar-refractivity contribution in [1.29, 1.82) is 0 Å². The summed E-state index contributed by atoms with van der Waals surface area (Å²) in [5.74, 6) is -0.583. The van der Waals surface area contributed by atoms with E-state index in [0.29, 0.717) is 12.8 Å². The average molecular weight is 471 g/mol. The third kappa shape index (κ3) is 4.07. The Labute approximate surface area is 183 Å². The maximum Gasteiger partial charge on any atom is 0.323 e. The molecule has 2 aromatic rings. The summed E-state index contributed by atoms with van der Waals surface area (Å²) < 4.78 is 26.6. The van der Waals surface area contributed by atoms with Gasteiger partial charge in [0.1, 0.15) is 4.90 Å². The lowest BCUT2D eigenvalue weighted by Crippen LogP contribution is -2.43. The van der Waals surface area contributed by atoms with Gasteiger partial charge in [-0.2, -0.15) is 0 Å². The van der Waals surface area contributed by atoms with Gasteiger partial charge in [-0.05, 0) is 49.9 Å². The monoisotopic (exact) mass is 470 g/mol. The van der Waals surface area contributed by atoms with Crippen molar-refractivity contribution in [2.75, 3.05) is 10.6 Å². The fourth-order valence-corrected chi connectivity index (χ4v) is 6.76. The van der Waals surface area contributed by atoms with Crippen LogP contribution in [0.3, 0.4) is 0 Å². The van der Waals surface area contributed by atoms with Gasteiger partial charge >= 0.3 is 6.03 Å². The molecule has 2 bridgehead atoms. The predicted molar refractivity (Wildman–Crippen MR) is 115 cm³/mol. The van der Waals surface area contributed by atoms with Gasteiger partial charge in [0, 0.05) is 18.3 Å². The van der Waals surface area contributed by atoms with Crippen molar-refractivity contribution in [1.82, 2.24) is 10.3 Å². The van der Waals surface area contributed by atoms with Crippen LogP contribution in [-0.2, 0) is 9.84 Å². The minimum Gasteiger partial charge on any atom is -0.504 e.